The Morgan fingerprint density at radius 2 is 1.79 bits per heavy atom. The molecule has 0 heterocycles. The fourth-order valence-corrected chi connectivity index (χ4v) is 2.77. The lowest BCUT2D eigenvalue weighted by atomic mass is 9.67. The molecule has 0 aromatic heterocycles. The number of carbonyl (C=O) groups is 1. The van der Waals surface area contributed by atoms with Crippen molar-refractivity contribution in [2.45, 2.75) is 43.9 Å². The highest BCUT2D eigenvalue weighted by Gasteiger charge is 2.49. The van der Waals surface area contributed by atoms with Crippen LogP contribution in [0.3, 0.4) is 0 Å². The van der Waals surface area contributed by atoms with Gasteiger partial charge in [-0.1, -0.05) is 12.1 Å². The lowest BCUT2D eigenvalue weighted by Crippen LogP contribution is -2.43. The molecular weight excluding hydrogens is 257 g/mol. The van der Waals surface area contributed by atoms with Crippen LogP contribution in [0.5, 0.6) is 0 Å². The molecule has 104 valence electrons. The Hall–Kier alpha value is -1.52. The van der Waals surface area contributed by atoms with Crippen LogP contribution in [0.1, 0.15) is 36.8 Å². The second-order valence-corrected chi connectivity index (χ2v) is 5.16. The van der Waals surface area contributed by atoms with Crippen molar-refractivity contribution < 1.29 is 23.1 Å². The molecule has 1 N–H and O–H groups in total. The zero-order valence-corrected chi connectivity index (χ0v) is 10.5. The molecule has 0 bridgehead atoms. The molecular formula is C14H15F3O2. The van der Waals surface area contributed by atoms with Gasteiger partial charge in [-0.2, -0.15) is 0 Å². The maximum absolute atomic E-state index is 13.6. The number of halogens is 3. The fraction of sp³-hybridized carbons (Fsp3) is 0.500. The third kappa shape index (κ3) is 2.33. The van der Waals surface area contributed by atoms with Gasteiger partial charge < -0.3 is 5.11 Å². The van der Waals surface area contributed by atoms with E-state index in [1.165, 1.54) is 25.1 Å². The van der Waals surface area contributed by atoms with Crippen molar-refractivity contribution in [1.29, 1.82) is 0 Å². The summed E-state index contributed by atoms with van der Waals surface area (Å²) in [6.45, 7) is 1.49. The highest BCUT2D eigenvalue weighted by molar-refractivity contribution is 5.82. The Labute approximate surface area is 109 Å². The molecule has 0 atom stereocenters. The summed E-state index contributed by atoms with van der Waals surface area (Å²) in [7, 11) is 0. The van der Waals surface area contributed by atoms with Crippen LogP contribution in [0.25, 0.3) is 0 Å². The molecule has 1 aromatic rings. The van der Waals surface area contributed by atoms with E-state index in [-0.39, 0.29) is 18.4 Å². The van der Waals surface area contributed by atoms with Gasteiger partial charge in [-0.15, -0.1) is 0 Å². The van der Waals surface area contributed by atoms with Crippen molar-refractivity contribution in [3.8, 4) is 0 Å². The molecule has 0 saturated heterocycles. The molecule has 5 heteroatoms. The average molecular weight is 272 g/mol. The zero-order chi connectivity index (χ0) is 14.3. The lowest BCUT2D eigenvalue weighted by molar-refractivity contribution is -0.149. The van der Waals surface area contributed by atoms with E-state index >= 15 is 0 Å². The van der Waals surface area contributed by atoms with Crippen LogP contribution >= 0.6 is 0 Å². The normalized spacial score (nSPS) is 21.1. The SMILES string of the molecule is Cc1c(F)cccc1C1(C(=O)O)CCC(F)(F)CC1. The Balaban J connectivity index is 2.47. The number of carboxylic acids is 1. The predicted octanol–water partition coefficient (Wildman–Crippen LogP) is 3.67. The molecule has 1 fully saturated rings. The van der Waals surface area contributed by atoms with Crippen molar-refractivity contribution in [2.24, 2.45) is 0 Å². The molecule has 2 nitrogen and oxygen atoms in total. The maximum atomic E-state index is 13.6. The van der Waals surface area contributed by atoms with E-state index < -0.39 is 36.0 Å². The fourth-order valence-electron chi connectivity index (χ4n) is 2.77. The van der Waals surface area contributed by atoms with Gasteiger partial charge in [-0.25, -0.2) is 13.2 Å². The van der Waals surface area contributed by atoms with Crippen molar-refractivity contribution in [1.82, 2.24) is 0 Å². The van der Waals surface area contributed by atoms with Crippen LogP contribution in [0.4, 0.5) is 13.2 Å². The minimum Gasteiger partial charge on any atom is -0.481 e. The van der Waals surface area contributed by atoms with E-state index in [0.29, 0.717) is 5.56 Å². The number of aliphatic carboxylic acids is 1. The molecule has 19 heavy (non-hydrogen) atoms. The second-order valence-electron chi connectivity index (χ2n) is 5.16. The van der Waals surface area contributed by atoms with Gasteiger partial charge in [0, 0.05) is 12.8 Å². The molecule has 0 radical (unpaired) electrons. The van der Waals surface area contributed by atoms with E-state index in [0.717, 1.165) is 0 Å². The van der Waals surface area contributed by atoms with Gasteiger partial charge >= 0.3 is 5.97 Å². The summed E-state index contributed by atoms with van der Waals surface area (Å²) in [5.74, 6) is -4.48. The molecule has 1 saturated carbocycles. The molecule has 2 rings (SSSR count). The van der Waals surface area contributed by atoms with E-state index in [4.69, 9.17) is 0 Å². The zero-order valence-electron chi connectivity index (χ0n) is 10.5. The van der Waals surface area contributed by atoms with Gasteiger partial charge in [0.05, 0.1) is 5.41 Å². The van der Waals surface area contributed by atoms with Gasteiger partial charge in [0.25, 0.3) is 0 Å². The van der Waals surface area contributed by atoms with E-state index in [9.17, 15) is 23.1 Å². The summed E-state index contributed by atoms with van der Waals surface area (Å²) in [5.41, 5.74) is -0.848. The third-order valence-corrected chi connectivity index (χ3v) is 4.03. The molecule has 0 aliphatic heterocycles. The van der Waals surface area contributed by atoms with Crippen LogP contribution in [-0.2, 0) is 10.2 Å². The molecule has 1 aliphatic rings. The number of hydrogen-bond donors (Lipinski definition) is 1. The Morgan fingerprint density at radius 1 is 1.21 bits per heavy atom. The minimum atomic E-state index is -2.82. The van der Waals surface area contributed by atoms with E-state index in [2.05, 4.69) is 0 Å². The van der Waals surface area contributed by atoms with Crippen molar-refractivity contribution in [3.05, 3.63) is 35.1 Å². The summed E-state index contributed by atoms with van der Waals surface area (Å²) in [5, 5.41) is 9.46. The highest BCUT2D eigenvalue weighted by atomic mass is 19.3. The summed E-state index contributed by atoms with van der Waals surface area (Å²) in [4.78, 5) is 11.6. The molecule has 1 aromatic carbocycles. The summed E-state index contributed by atoms with van der Waals surface area (Å²) < 4.78 is 40.1. The minimum absolute atomic E-state index is 0.167. The summed E-state index contributed by atoms with van der Waals surface area (Å²) >= 11 is 0. The first-order valence-electron chi connectivity index (χ1n) is 6.15. The Kier molecular flexibility index (Phi) is 3.32. The van der Waals surface area contributed by atoms with Crippen molar-refractivity contribution in [3.63, 3.8) is 0 Å². The largest absolute Gasteiger partial charge is 0.481 e. The number of rotatable bonds is 2. The van der Waals surface area contributed by atoms with Gasteiger partial charge in [0.15, 0.2) is 0 Å². The predicted molar refractivity (Wildman–Crippen MR) is 63.9 cm³/mol. The quantitative estimate of drug-likeness (QED) is 0.892. The number of alkyl halides is 2. The topological polar surface area (TPSA) is 37.3 Å². The first kappa shape index (κ1) is 13.9. The Bertz CT molecular complexity index is 501. The average Bonchev–Trinajstić information content (AvgIpc) is 2.33. The maximum Gasteiger partial charge on any atom is 0.314 e. The van der Waals surface area contributed by atoms with Crippen LogP contribution in [-0.4, -0.2) is 17.0 Å². The van der Waals surface area contributed by atoms with E-state index in [1.807, 2.05) is 0 Å². The lowest BCUT2D eigenvalue weighted by Gasteiger charge is -2.38. The van der Waals surface area contributed by atoms with Crippen LogP contribution in [0, 0.1) is 12.7 Å². The number of carboxylic acid groups (broad SMARTS) is 1. The van der Waals surface area contributed by atoms with Gasteiger partial charge in [-0.05, 0) is 37.0 Å². The summed E-state index contributed by atoms with van der Waals surface area (Å²) in [6, 6.07) is 4.19. The first-order valence-corrected chi connectivity index (χ1v) is 6.15. The highest BCUT2D eigenvalue weighted by Crippen LogP contribution is 2.46. The summed E-state index contributed by atoms with van der Waals surface area (Å²) in [6.07, 6.45) is -1.29. The van der Waals surface area contributed by atoms with Crippen LogP contribution < -0.4 is 0 Å². The Morgan fingerprint density at radius 3 is 2.32 bits per heavy atom. The molecule has 0 amide bonds. The second kappa shape index (κ2) is 4.54. The number of hydrogen-bond acceptors (Lipinski definition) is 1. The standard InChI is InChI=1S/C14H15F3O2/c1-9-10(3-2-4-11(9)15)13(12(18)19)5-7-14(16,17)8-6-13/h2-4H,5-8H2,1H3,(H,18,19). The van der Waals surface area contributed by atoms with Crippen molar-refractivity contribution in [2.75, 3.05) is 0 Å². The molecule has 1 aliphatic carbocycles. The van der Waals surface area contributed by atoms with Crippen molar-refractivity contribution >= 4 is 5.97 Å². The first-order chi connectivity index (χ1) is 8.78. The number of benzene rings is 1. The smallest absolute Gasteiger partial charge is 0.314 e. The molecule has 0 unspecified atom stereocenters. The van der Waals surface area contributed by atoms with Crippen LogP contribution in [0.15, 0.2) is 18.2 Å². The monoisotopic (exact) mass is 272 g/mol. The van der Waals surface area contributed by atoms with E-state index in [1.54, 1.807) is 0 Å². The van der Waals surface area contributed by atoms with Crippen LogP contribution in [0.2, 0.25) is 0 Å². The third-order valence-electron chi connectivity index (χ3n) is 4.03. The van der Waals surface area contributed by atoms with Gasteiger partial charge in [-0.3, -0.25) is 4.79 Å². The van der Waals surface area contributed by atoms with Gasteiger partial charge in [0.1, 0.15) is 5.82 Å². The molecule has 0 spiro atoms. The van der Waals surface area contributed by atoms with Gasteiger partial charge in [0.2, 0.25) is 5.92 Å².